The van der Waals surface area contributed by atoms with Crippen molar-refractivity contribution >= 4 is 17.4 Å². The highest BCUT2D eigenvalue weighted by Gasteiger charge is 2.14. The number of aromatic nitrogens is 2. The van der Waals surface area contributed by atoms with Crippen molar-refractivity contribution in [3.05, 3.63) is 60.3 Å². The number of carbonyl (C=O) groups excluding carboxylic acids is 1. The third kappa shape index (κ3) is 4.64. The molecule has 120 valence electrons. The molecule has 0 atom stereocenters. The van der Waals surface area contributed by atoms with Gasteiger partial charge in [0.1, 0.15) is 5.82 Å². The maximum Gasteiger partial charge on any atom is 0.276 e. The molecule has 2 aromatic rings. The van der Waals surface area contributed by atoms with E-state index in [2.05, 4.69) is 48.2 Å². The molecule has 1 aromatic carbocycles. The molecule has 0 bridgehead atoms. The third-order valence-electron chi connectivity index (χ3n) is 3.33. The molecule has 0 fully saturated rings. The molecule has 0 spiro atoms. The van der Waals surface area contributed by atoms with E-state index in [-0.39, 0.29) is 17.0 Å². The standard InChI is InChI=1S/C18H22N4O/c1-5-12-19-16-11-10-15(21-22-16)17(23)20-14-8-6-13(7-9-14)18(2,3)4/h5-11H,1,12H2,2-4H3,(H,19,22)(H,20,23). The fourth-order valence-corrected chi connectivity index (χ4v) is 1.97. The Morgan fingerprint density at radius 2 is 1.83 bits per heavy atom. The van der Waals surface area contributed by atoms with E-state index in [4.69, 9.17) is 0 Å². The number of rotatable bonds is 5. The highest BCUT2D eigenvalue weighted by molar-refractivity contribution is 6.02. The van der Waals surface area contributed by atoms with E-state index < -0.39 is 0 Å². The zero-order valence-corrected chi connectivity index (χ0v) is 13.8. The molecule has 0 aliphatic heterocycles. The van der Waals surface area contributed by atoms with Crippen LogP contribution < -0.4 is 10.6 Å². The van der Waals surface area contributed by atoms with Gasteiger partial charge in [-0.3, -0.25) is 4.79 Å². The molecule has 0 radical (unpaired) electrons. The average molecular weight is 310 g/mol. The van der Waals surface area contributed by atoms with E-state index in [9.17, 15) is 4.79 Å². The average Bonchev–Trinajstić information content (AvgIpc) is 2.53. The third-order valence-corrected chi connectivity index (χ3v) is 3.33. The van der Waals surface area contributed by atoms with Crippen LogP contribution in [0.3, 0.4) is 0 Å². The fourth-order valence-electron chi connectivity index (χ4n) is 1.97. The van der Waals surface area contributed by atoms with Gasteiger partial charge < -0.3 is 10.6 Å². The summed E-state index contributed by atoms with van der Waals surface area (Å²) in [7, 11) is 0. The number of benzene rings is 1. The summed E-state index contributed by atoms with van der Waals surface area (Å²) in [5, 5.41) is 13.7. The van der Waals surface area contributed by atoms with Crippen LogP contribution in [0.15, 0.2) is 49.1 Å². The molecular weight excluding hydrogens is 288 g/mol. The molecule has 0 aliphatic carbocycles. The van der Waals surface area contributed by atoms with Gasteiger partial charge in [-0.2, -0.15) is 0 Å². The predicted molar refractivity (Wildman–Crippen MR) is 93.8 cm³/mol. The lowest BCUT2D eigenvalue weighted by atomic mass is 9.87. The minimum absolute atomic E-state index is 0.0856. The van der Waals surface area contributed by atoms with Gasteiger partial charge in [-0.1, -0.05) is 39.0 Å². The molecule has 5 nitrogen and oxygen atoms in total. The number of amides is 1. The zero-order chi connectivity index (χ0) is 16.9. The molecule has 2 N–H and O–H groups in total. The summed E-state index contributed by atoms with van der Waals surface area (Å²) < 4.78 is 0. The number of hydrogen-bond donors (Lipinski definition) is 2. The monoisotopic (exact) mass is 310 g/mol. The van der Waals surface area contributed by atoms with Crippen molar-refractivity contribution in [2.45, 2.75) is 26.2 Å². The lowest BCUT2D eigenvalue weighted by Gasteiger charge is -2.19. The van der Waals surface area contributed by atoms with Crippen LogP contribution in [0, 0.1) is 0 Å². The normalized spacial score (nSPS) is 10.9. The Bertz CT molecular complexity index is 670. The molecule has 0 saturated carbocycles. The van der Waals surface area contributed by atoms with E-state index in [0.717, 1.165) is 5.69 Å². The summed E-state index contributed by atoms with van der Waals surface area (Å²) in [6.45, 7) is 10.7. The molecule has 1 heterocycles. The van der Waals surface area contributed by atoms with Crippen LogP contribution in [0.4, 0.5) is 11.5 Å². The van der Waals surface area contributed by atoms with Crippen LogP contribution in [0.5, 0.6) is 0 Å². The minimum atomic E-state index is -0.281. The molecule has 2 rings (SSSR count). The van der Waals surface area contributed by atoms with E-state index >= 15 is 0 Å². The smallest absolute Gasteiger partial charge is 0.276 e. The quantitative estimate of drug-likeness (QED) is 0.828. The van der Waals surface area contributed by atoms with Crippen molar-refractivity contribution in [3.63, 3.8) is 0 Å². The molecule has 0 aliphatic rings. The van der Waals surface area contributed by atoms with Crippen LogP contribution in [-0.2, 0) is 5.41 Å². The van der Waals surface area contributed by atoms with Crippen LogP contribution in [0.1, 0.15) is 36.8 Å². The van der Waals surface area contributed by atoms with Crippen molar-refractivity contribution < 1.29 is 4.79 Å². The van der Waals surface area contributed by atoms with Crippen molar-refractivity contribution in [3.8, 4) is 0 Å². The molecule has 0 unspecified atom stereocenters. The summed E-state index contributed by atoms with van der Waals surface area (Å²) in [6, 6.07) is 11.2. The first kappa shape index (κ1) is 16.7. The molecule has 5 heteroatoms. The number of nitrogens with one attached hydrogen (secondary N) is 2. The Labute approximate surface area is 136 Å². The van der Waals surface area contributed by atoms with Gasteiger partial charge in [-0.05, 0) is 35.2 Å². The van der Waals surface area contributed by atoms with Crippen LogP contribution >= 0.6 is 0 Å². The number of nitrogens with zero attached hydrogens (tertiary/aromatic N) is 2. The Morgan fingerprint density at radius 3 is 2.35 bits per heavy atom. The summed E-state index contributed by atoms with van der Waals surface area (Å²) >= 11 is 0. The zero-order valence-electron chi connectivity index (χ0n) is 13.8. The van der Waals surface area contributed by atoms with E-state index in [0.29, 0.717) is 12.4 Å². The minimum Gasteiger partial charge on any atom is -0.365 e. The molecule has 1 aromatic heterocycles. The molecule has 23 heavy (non-hydrogen) atoms. The SMILES string of the molecule is C=CCNc1ccc(C(=O)Nc2ccc(C(C)(C)C)cc2)nn1. The van der Waals surface area contributed by atoms with Gasteiger partial charge in [0, 0.05) is 12.2 Å². The Morgan fingerprint density at radius 1 is 1.13 bits per heavy atom. The van der Waals surface area contributed by atoms with Crippen LogP contribution in [-0.4, -0.2) is 22.6 Å². The summed E-state index contributed by atoms with van der Waals surface area (Å²) in [5.41, 5.74) is 2.31. The highest BCUT2D eigenvalue weighted by atomic mass is 16.1. The van der Waals surface area contributed by atoms with Gasteiger partial charge in [0.25, 0.3) is 5.91 Å². The van der Waals surface area contributed by atoms with Crippen LogP contribution in [0.2, 0.25) is 0 Å². The predicted octanol–water partition coefficient (Wildman–Crippen LogP) is 3.62. The van der Waals surface area contributed by atoms with Gasteiger partial charge in [-0.15, -0.1) is 16.8 Å². The maximum atomic E-state index is 12.2. The first-order valence-electron chi connectivity index (χ1n) is 7.50. The number of hydrogen-bond acceptors (Lipinski definition) is 4. The Kier molecular flexibility index (Phi) is 5.11. The molecular formula is C18H22N4O. The second-order valence-electron chi connectivity index (χ2n) is 6.25. The highest BCUT2D eigenvalue weighted by Crippen LogP contribution is 2.23. The van der Waals surface area contributed by atoms with Crippen molar-refractivity contribution in [1.29, 1.82) is 0 Å². The van der Waals surface area contributed by atoms with Gasteiger partial charge in [0.05, 0.1) is 0 Å². The van der Waals surface area contributed by atoms with Crippen LogP contribution in [0.25, 0.3) is 0 Å². The van der Waals surface area contributed by atoms with E-state index in [1.54, 1.807) is 18.2 Å². The van der Waals surface area contributed by atoms with Crippen molar-refractivity contribution in [2.24, 2.45) is 0 Å². The number of carbonyl (C=O) groups is 1. The van der Waals surface area contributed by atoms with Gasteiger partial charge in [0.2, 0.25) is 0 Å². The van der Waals surface area contributed by atoms with Crippen molar-refractivity contribution in [2.75, 3.05) is 17.2 Å². The molecule has 1 amide bonds. The van der Waals surface area contributed by atoms with E-state index in [1.165, 1.54) is 5.56 Å². The lowest BCUT2D eigenvalue weighted by molar-refractivity contribution is 0.102. The summed E-state index contributed by atoms with van der Waals surface area (Å²) in [4.78, 5) is 12.2. The molecule has 0 saturated heterocycles. The van der Waals surface area contributed by atoms with Crippen molar-refractivity contribution in [1.82, 2.24) is 10.2 Å². The number of anilines is 2. The van der Waals surface area contributed by atoms with Gasteiger partial charge >= 0.3 is 0 Å². The topological polar surface area (TPSA) is 66.9 Å². The largest absolute Gasteiger partial charge is 0.365 e. The lowest BCUT2D eigenvalue weighted by Crippen LogP contribution is -2.15. The first-order chi connectivity index (χ1) is 10.9. The van der Waals surface area contributed by atoms with E-state index in [1.807, 2.05) is 24.3 Å². The van der Waals surface area contributed by atoms with Gasteiger partial charge in [-0.25, -0.2) is 0 Å². The summed E-state index contributed by atoms with van der Waals surface area (Å²) in [5.74, 6) is 0.326. The fraction of sp³-hybridized carbons (Fsp3) is 0.278. The summed E-state index contributed by atoms with van der Waals surface area (Å²) in [6.07, 6.45) is 1.73. The van der Waals surface area contributed by atoms with Gasteiger partial charge in [0.15, 0.2) is 5.69 Å². The second kappa shape index (κ2) is 7.05. The second-order valence-corrected chi connectivity index (χ2v) is 6.25. The maximum absolute atomic E-state index is 12.2. The Hall–Kier alpha value is -2.69. The Balaban J connectivity index is 2.02. The first-order valence-corrected chi connectivity index (χ1v) is 7.50.